The van der Waals surface area contributed by atoms with Crippen molar-refractivity contribution in [2.45, 2.75) is 38.2 Å². The number of ether oxygens (including phenoxy) is 3. The second kappa shape index (κ2) is 6.75. The molecule has 0 aromatic heterocycles. The van der Waals surface area contributed by atoms with Crippen LogP contribution in [-0.2, 0) is 11.0 Å². The Bertz CT molecular complexity index is 1010. The van der Waals surface area contributed by atoms with Gasteiger partial charge in [-0.1, -0.05) is 13.0 Å². The van der Waals surface area contributed by atoms with Crippen LogP contribution < -0.4 is 14.2 Å². The van der Waals surface area contributed by atoms with E-state index in [0.29, 0.717) is 29.9 Å². The molecule has 0 unspecified atom stereocenters. The fourth-order valence-electron chi connectivity index (χ4n) is 4.00. The molecule has 4 rings (SSSR count). The quantitative estimate of drug-likeness (QED) is 0.619. The molecule has 160 valence electrons. The molecular weight excluding hydrogens is 415 g/mol. The first-order valence-corrected chi connectivity index (χ1v) is 8.96. The highest BCUT2D eigenvalue weighted by atomic mass is 19.4. The lowest BCUT2D eigenvalue weighted by Crippen LogP contribution is -2.23. The van der Waals surface area contributed by atoms with Crippen molar-refractivity contribution in [2.24, 2.45) is 5.41 Å². The minimum Gasteiger partial charge on any atom is -0.488 e. The van der Waals surface area contributed by atoms with E-state index >= 15 is 0 Å². The van der Waals surface area contributed by atoms with Crippen LogP contribution in [-0.4, -0.2) is 23.8 Å². The normalized spacial score (nSPS) is 24.1. The fraction of sp³-hybridized carbons (Fsp3) is 0.350. The lowest BCUT2D eigenvalue weighted by atomic mass is 9.95. The fourth-order valence-corrected chi connectivity index (χ4v) is 4.00. The molecule has 1 aliphatic carbocycles. The van der Waals surface area contributed by atoms with E-state index in [1.54, 1.807) is 13.0 Å². The third kappa shape index (κ3) is 3.10. The summed E-state index contributed by atoms with van der Waals surface area (Å²) in [6.07, 6.45) is -4.85. The highest BCUT2D eigenvalue weighted by molar-refractivity contribution is 5.84. The third-order valence-corrected chi connectivity index (χ3v) is 5.53. The van der Waals surface area contributed by atoms with Gasteiger partial charge in [0.05, 0.1) is 5.56 Å². The largest absolute Gasteiger partial charge is 0.488 e. The molecule has 0 spiro atoms. The number of hydrogen-bond acceptors (Lipinski definition) is 4. The molecule has 30 heavy (non-hydrogen) atoms. The molecule has 0 radical (unpaired) electrons. The van der Waals surface area contributed by atoms with Crippen molar-refractivity contribution < 1.29 is 46.1 Å². The van der Waals surface area contributed by atoms with Crippen molar-refractivity contribution in [3.63, 3.8) is 0 Å². The van der Waals surface area contributed by atoms with Gasteiger partial charge in [-0.3, -0.25) is 4.79 Å². The number of carboxylic acids is 1. The number of alkyl halides is 5. The van der Waals surface area contributed by atoms with Crippen molar-refractivity contribution in [1.82, 2.24) is 0 Å². The van der Waals surface area contributed by atoms with Crippen LogP contribution in [0.25, 0.3) is 0 Å². The van der Waals surface area contributed by atoms with E-state index in [4.69, 9.17) is 9.47 Å². The van der Waals surface area contributed by atoms with Gasteiger partial charge in [-0.15, -0.1) is 0 Å². The van der Waals surface area contributed by atoms with Crippen molar-refractivity contribution in [3.05, 3.63) is 47.5 Å². The average molecular weight is 430 g/mol. The summed E-state index contributed by atoms with van der Waals surface area (Å²) >= 11 is 0. The number of fused-ring (bicyclic) bond motifs is 3. The Kier molecular flexibility index (Phi) is 4.55. The standard InChI is InChI=1S/C20H15F5O5/c1-2-19(17(26)27)15-11-5-4-10(8-13(11)29-16(15)19)28-12-6-3-9(20(23,24)25)7-14(12)30-18(21)22/h3-8,15-16,18H,2H2,1H3,(H,26,27)/t15-,16-,19-/m1/s1. The van der Waals surface area contributed by atoms with Crippen LogP contribution in [0, 0.1) is 5.41 Å². The van der Waals surface area contributed by atoms with E-state index in [1.165, 1.54) is 12.1 Å². The summed E-state index contributed by atoms with van der Waals surface area (Å²) < 4.78 is 79.2. The van der Waals surface area contributed by atoms with Gasteiger partial charge in [-0.2, -0.15) is 22.0 Å². The van der Waals surface area contributed by atoms with Gasteiger partial charge in [0.25, 0.3) is 0 Å². The third-order valence-electron chi connectivity index (χ3n) is 5.53. The predicted molar refractivity (Wildman–Crippen MR) is 92.1 cm³/mol. The van der Waals surface area contributed by atoms with Crippen molar-refractivity contribution in [2.75, 3.05) is 0 Å². The minimum atomic E-state index is -4.74. The summed E-state index contributed by atoms with van der Waals surface area (Å²) in [5, 5.41) is 9.51. The van der Waals surface area contributed by atoms with Gasteiger partial charge in [-0.25, -0.2) is 0 Å². The zero-order valence-electron chi connectivity index (χ0n) is 15.4. The Morgan fingerprint density at radius 1 is 1.20 bits per heavy atom. The molecule has 2 aromatic carbocycles. The Hall–Kier alpha value is -3.04. The maximum absolute atomic E-state index is 12.9. The van der Waals surface area contributed by atoms with Gasteiger partial charge in [-0.05, 0) is 30.7 Å². The molecule has 2 aliphatic rings. The number of benzene rings is 2. The monoisotopic (exact) mass is 430 g/mol. The number of hydrogen-bond donors (Lipinski definition) is 1. The van der Waals surface area contributed by atoms with E-state index in [1.807, 2.05) is 0 Å². The van der Waals surface area contributed by atoms with Crippen LogP contribution >= 0.6 is 0 Å². The highest BCUT2D eigenvalue weighted by Crippen LogP contribution is 2.69. The van der Waals surface area contributed by atoms with Crippen molar-refractivity contribution in [3.8, 4) is 23.0 Å². The van der Waals surface area contributed by atoms with Crippen molar-refractivity contribution >= 4 is 5.97 Å². The number of rotatable bonds is 6. The summed E-state index contributed by atoms with van der Waals surface area (Å²) in [5.41, 5.74) is -1.44. The maximum Gasteiger partial charge on any atom is 0.416 e. The topological polar surface area (TPSA) is 65.0 Å². The van der Waals surface area contributed by atoms with Gasteiger partial charge < -0.3 is 19.3 Å². The zero-order chi connectivity index (χ0) is 21.8. The summed E-state index contributed by atoms with van der Waals surface area (Å²) in [7, 11) is 0. The molecule has 1 saturated carbocycles. The molecule has 3 atom stereocenters. The van der Waals surface area contributed by atoms with Crippen molar-refractivity contribution in [1.29, 1.82) is 0 Å². The smallest absolute Gasteiger partial charge is 0.416 e. The van der Waals surface area contributed by atoms with Gasteiger partial charge >= 0.3 is 18.8 Å². The minimum absolute atomic E-state index is 0.117. The van der Waals surface area contributed by atoms with E-state index in [-0.39, 0.29) is 17.4 Å². The number of carboxylic acid groups (broad SMARTS) is 1. The number of halogens is 5. The molecule has 0 amide bonds. The summed E-state index contributed by atoms with van der Waals surface area (Å²) in [5.74, 6) is -1.83. The van der Waals surface area contributed by atoms with Crippen LogP contribution in [0.2, 0.25) is 0 Å². The molecule has 1 aliphatic heterocycles. The molecule has 1 N–H and O–H groups in total. The Morgan fingerprint density at radius 2 is 1.93 bits per heavy atom. The highest BCUT2D eigenvalue weighted by Gasteiger charge is 2.75. The summed E-state index contributed by atoms with van der Waals surface area (Å²) in [6.45, 7) is -1.58. The molecule has 2 aromatic rings. The first-order chi connectivity index (χ1) is 14.1. The SMILES string of the molecule is CC[C@]1(C(=O)O)[C@@H]2Oc3cc(Oc4ccc(C(F)(F)F)cc4OC(F)F)ccc3[C@H]21. The van der Waals surface area contributed by atoms with E-state index in [9.17, 15) is 31.9 Å². The van der Waals surface area contributed by atoms with Crippen LogP contribution in [0.1, 0.15) is 30.4 Å². The zero-order valence-corrected chi connectivity index (χ0v) is 15.4. The first kappa shape index (κ1) is 20.2. The van der Waals surface area contributed by atoms with Crippen LogP contribution in [0.5, 0.6) is 23.0 Å². The van der Waals surface area contributed by atoms with Crippen LogP contribution in [0.15, 0.2) is 36.4 Å². The average Bonchev–Trinajstić information content (AvgIpc) is 3.14. The van der Waals surface area contributed by atoms with Gasteiger partial charge in [0.15, 0.2) is 11.5 Å². The van der Waals surface area contributed by atoms with E-state index in [2.05, 4.69) is 4.74 Å². The van der Waals surface area contributed by atoms with Crippen LogP contribution in [0.4, 0.5) is 22.0 Å². The Labute approximate surface area is 167 Å². The molecule has 1 heterocycles. The molecule has 1 fully saturated rings. The molecule has 10 heteroatoms. The summed E-state index contributed by atoms with van der Waals surface area (Å²) in [6, 6.07) is 6.52. The van der Waals surface area contributed by atoms with Gasteiger partial charge in [0, 0.05) is 17.5 Å². The van der Waals surface area contributed by atoms with E-state index < -0.39 is 41.6 Å². The van der Waals surface area contributed by atoms with Crippen LogP contribution in [0.3, 0.4) is 0 Å². The molecule has 0 bridgehead atoms. The second-order valence-corrected chi connectivity index (χ2v) is 7.05. The molecule has 5 nitrogen and oxygen atoms in total. The Balaban J connectivity index is 1.60. The maximum atomic E-state index is 12.9. The van der Waals surface area contributed by atoms with Gasteiger partial charge in [0.1, 0.15) is 23.0 Å². The Morgan fingerprint density at radius 3 is 2.53 bits per heavy atom. The second-order valence-electron chi connectivity index (χ2n) is 7.05. The molecule has 0 saturated heterocycles. The molecular formula is C20H15F5O5. The number of aliphatic carboxylic acids is 1. The lowest BCUT2D eigenvalue weighted by molar-refractivity contribution is -0.145. The number of carbonyl (C=O) groups is 1. The van der Waals surface area contributed by atoms with Gasteiger partial charge in [0.2, 0.25) is 0 Å². The van der Waals surface area contributed by atoms with E-state index in [0.717, 1.165) is 6.07 Å². The predicted octanol–water partition coefficient (Wildman–Crippen LogP) is 5.44. The lowest BCUT2D eigenvalue weighted by Gasteiger charge is -2.17. The first-order valence-electron chi connectivity index (χ1n) is 8.96. The summed E-state index contributed by atoms with van der Waals surface area (Å²) in [4.78, 5) is 11.6.